The number of nitrogens with zero attached hydrogens (tertiary/aromatic N) is 2. The summed E-state index contributed by atoms with van der Waals surface area (Å²) < 4.78 is 5.22. The fourth-order valence-electron chi connectivity index (χ4n) is 1.30. The molecule has 2 aromatic heterocycles. The van der Waals surface area contributed by atoms with Crippen LogP contribution in [-0.2, 0) is 0 Å². The molecule has 0 fully saturated rings. The van der Waals surface area contributed by atoms with Gasteiger partial charge in [0.1, 0.15) is 15.9 Å². The van der Waals surface area contributed by atoms with Crippen molar-refractivity contribution in [3.05, 3.63) is 26.9 Å². The van der Waals surface area contributed by atoms with Gasteiger partial charge < -0.3 is 9.72 Å². The third-order valence-corrected chi connectivity index (χ3v) is 2.67. The Morgan fingerprint density at radius 2 is 2.25 bits per heavy atom. The number of H-pyrrole nitrogens is 1. The monoisotopic (exact) mass is 259 g/mol. The second-order valence-electron chi connectivity index (χ2n) is 2.91. The van der Waals surface area contributed by atoms with Crippen LogP contribution in [-0.4, -0.2) is 21.6 Å². The van der Waals surface area contributed by atoms with Crippen molar-refractivity contribution in [1.82, 2.24) is 15.0 Å². The summed E-state index contributed by atoms with van der Waals surface area (Å²) >= 11 is 11.7. The van der Waals surface area contributed by atoms with E-state index in [0.717, 1.165) is 0 Å². The van der Waals surface area contributed by atoms with Gasteiger partial charge in [-0.25, -0.2) is 4.98 Å². The number of ether oxygens (including phenoxy) is 1. The highest BCUT2D eigenvalue weighted by Gasteiger charge is 2.15. The fraction of sp³-hybridized carbons (Fsp3) is 0.222. The van der Waals surface area contributed by atoms with E-state index < -0.39 is 0 Å². The summed E-state index contributed by atoms with van der Waals surface area (Å²) in [5.74, 6) is 0.140. The number of hydrogen-bond donors (Lipinski definition) is 1. The maximum Gasteiger partial charge on any atom is 0.264 e. The Hall–Kier alpha value is -1.33. The molecule has 2 rings (SSSR count). The number of nitrogens with one attached hydrogen (secondary N) is 1. The molecule has 0 bridgehead atoms. The van der Waals surface area contributed by atoms with Crippen molar-refractivity contribution >= 4 is 34.1 Å². The molecule has 0 radical (unpaired) electrons. The standard InChI is InChI=1S/C9H7Cl2N3O2/c1-2-16-9-4-6(5(10)7(11)14-9)12-3-13-8(4)15/h3H,2H2,1H3,(H,12,13,15). The Labute approximate surface area is 100 Å². The molecule has 2 heterocycles. The lowest BCUT2D eigenvalue weighted by atomic mass is 10.3. The number of pyridine rings is 1. The number of aromatic amines is 1. The summed E-state index contributed by atoms with van der Waals surface area (Å²) in [7, 11) is 0. The van der Waals surface area contributed by atoms with E-state index in [1.807, 2.05) is 0 Å². The molecule has 7 heteroatoms. The molecule has 0 aliphatic rings. The number of rotatable bonds is 2. The zero-order valence-corrected chi connectivity index (χ0v) is 9.76. The normalized spacial score (nSPS) is 10.7. The molecule has 84 valence electrons. The maximum atomic E-state index is 11.6. The fourth-order valence-corrected chi connectivity index (χ4v) is 1.65. The molecule has 5 nitrogen and oxygen atoms in total. The maximum absolute atomic E-state index is 11.6. The molecule has 0 unspecified atom stereocenters. The molecule has 0 aliphatic carbocycles. The van der Waals surface area contributed by atoms with Crippen molar-refractivity contribution in [3.8, 4) is 5.88 Å². The first-order valence-electron chi connectivity index (χ1n) is 4.50. The average molecular weight is 260 g/mol. The van der Waals surface area contributed by atoms with Gasteiger partial charge >= 0.3 is 0 Å². The zero-order valence-electron chi connectivity index (χ0n) is 8.25. The highest BCUT2D eigenvalue weighted by molar-refractivity contribution is 6.44. The molecule has 0 saturated carbocycles. The first-order chi connectivity index (χ1) is 7.65. The van der Waals surface area contributed by atoms with Gasteiger partial charge in [-0.05, 0) is 6.92 Å². The van der Waals surface area contributed by atoms with Crippen molar-refractivity contribution < 1.29 is 4.74 Å². The average Bonchev–Trinajstić information content (AvgIpc) is 2.25. The molecule has 0 amide bonds. The van der Waals surface area contributed by atoms with Crippen LogP contribution in [0.25, 0.3) is 10.9 Å². The second kappa shape index (κ2) is 4.27. The Balaban J connectivity index is 2.90. The van der Waals surface area contributed by atoms with Crippen LogP contribution in [0.4, 0.5) is 0 Å². The van der Waals surface area contributed by atoms with Gasteiger partial charge in [0.15, 0.2) is 5.15 Å². The van der Waals surface area contributed by atoms with Crippen LogP contribution in [0.2, 0.25) is 10.2 Å². The number of hydrogen-bond acceptors (Lipinski definition) is 4. The highest BCUT2D eigenvalue weighted by Crippen LogP contribution is 2.30. The van der Waals surface area contributed by atoms with Gasteiger partial charge in [0.05, 0.1) is 12.9 Å². The molecule has 2 aromatic rings. The quantitative estimate of drug-likeness (QED) is 0.839. The lowest BCUT2D eigenvalue weighted by molar-refractivity contribution is 0.331. The van der Waals surface area contributed by atoms with Crippen LogP contribution >= 0.6 is 23.2 Å². The summed E-state index contributed by atoms with van der Waals surface area (Å²) in [5, 5.41) is 0.417. The predicted molar refractivity (Wildman–Crippen MR) is 61.3 cm³/mol. The van der Waals surface area contributed by atoms with Crippen LogP contribution in [0.15, 0.2) is 11.1 Å². The highest BCUT2D eigenvalue weighted by atomic mass is 35.5. The van der Waals surface area contributed by atoms with Crippen molar-refractivity contribution in [3.63, 3.8) is 0 Å². The summed E-state index contributed by atoms with van der Waals surface area (Å²) in [4.78, 5) is 21.9. The topological polar surface area (TPSA) is 67.9 Å². The SMILES string of the molecule is CCOc1nc(Cl)c(Cl)c2nc[nH]c(=O)c12. The lowest BCUT2D eigenvalue weighted by Gasteiger charge is -2.07. The number of halogens is 2. The van der Waals surface area contributed by atoms with Gasteiger partial charge in [-0.2, -0.15) is 4.98 Å². The molecule has 0 saturated heterocycles. The van der Waals surface area contributed by atoms with E-state index in [4.69, 9.17) is 27.9 Å². The summed E-state index contributed by atoms with van der Waals surface area (Å²) in [6, 6.07) is 0. The van der Waals surface area contributed by atoms with E-state index in [9.17, 15) is 4.79 Å². The predicted octanol–water partition coefficient (Wildman–Crippen LogP) is 2.02. The van der Waals surface area contributed by atoms with Crippen molar-refractivity contribution in [1.29, 1.82) is 0 Å². The van der Waals surface area contributed by atoms with Crippen LogP contribution in [0.3, 0.4) is 0 Å². The van der Waals surface area contributed by atoms with Gasteiger partial charge in [-0.1, -0.05) is 23.2 Å². The molecule has 0 atom stereocenters. The van der Waals surface area contributed by atoms with Crippen molar-refractivity contribution in [2.75, 3.05) is 6.61 Å². The van der Waals surface area contributed by atoms with Crippen molar-refractivity contribution in [2.45, 2.75) is 6.92 Å². The molecule has 16 heavy (non-hydrogen) atoms. The molecule has 0 aromatic carbocycles. The minimum Gasteiger partial charge on any atom is -0.477 e. The summed E-state index contributed by atoms with van der Waals surface area (Å²) in [5.41, 5.74) is -0.0756. The summed E-state index contributed by atoms with van der Waals surface area (Å²) in [6.07, 6.45) is 1.25. The van der Waals surface area contributed by atoms with E-state index in [1.165, 1.54) is 6.33 Å². The van der Waals surface area contributed by atoms with E-state index in [2.05, 4.69) is 15.0 Å². The van der Waals surface area contributed by atoms with Gasteiger partial charge in [0, 0.05) is 0 Å². The van der Waals surface area contributed by atoms with Crippen LogP contribution in [0.1, 0.15) is 6.92 Å². The zero-order chi connectivity index (χ0) is 11.7. The number of fused-ring (bicyclic) bond motifs is 1. The van der Waals surface area contributed by atoms with E-state index >= 15 is 0 Å². The largest absolute Gasteiger partial charge is 0.477 e. The first-order valence-corrected chi connectivity index (χ1v) is 5.26. The van der Waals surface area contributed by atoms with Crippen molar-refractivity contribution in [2.24, 2.45) is 0 Å². The van der Waals surface area contributed by atoms with Gasteiger partial charge in [-0.15, -0.1) is 0 Å². The Bertz CT molecular complexity index is 597. The third kappa shape index (κ3) is 1.72. The Kier molecular flexibility index (Phi) is 2.98. The minimum atomic E-state index is -0.362. The lowest BCUT2D eigenvalue weighted by Crippen LogP contribution is -2.10. The molecular formula is C9H7Cl2N3O2. The summed E-state index contributed by atoms with van der Waals surface area (Å²) in [6.45, 7) is 2.15. The van der Waals surface area contributed by atoms with Crippen LogP contribution in [0.5, 0.6) is 5.88 Å². The second-order valence-corrected chi connectivity index (χ2v) is 3.65. The smallest absolute Gasteiger partial charge is 0.264 e. The van der Waals surface area contributed by atoms with E-state index in [-0.39, 0.29) is 32.5 Å². The minimum absolute atomic E-state index is 0.0655. The van der Waals surface area contributed by atoms with Gasteiger partial charge in [0.2, 0.25) is 5.88 Å². The number of aromatic nitrogens is 3. The van der Waals surface area contributed by atoms with Gasteiger partial charge in [0.25, 0.3) is 5.56 Å². The third-order valence-electron chi connectivity index (χ3n) is 1.94. The Morgan fingerprint density at radius 1 is 1.50 bits per heavy atom. The molecule has 0 spiro atoms. The van der Waals surface area contributed by atoms with Crippen LogP contribution < -0.4 is 10.3 Å². The molecule has 0 aliphatic heterocycles. The van der Waals surface area contributed by atoms with E-state index in [1.54, 1.807) is 6.92 Å². The van der Waals surface area contributed by atoms with Gasteiger partial charge in [-0.3, -0.25) is 4.79 Å². The van der Waals surface area contributed by atoms with Crippen LogP contribution in [0, 0.1) is 0 Å². The van der Waals surface area contributed by atoms with E-state index in [0.29, 0.717) is 6.61 Å². The Morgan fingerprint density at radius 3 is 2.94 bits per heavy atom. The molecule has 1 N–H and O–H groups in total. The molecular weight excluding hydrogens is 253 g/mol. The first kappa shape index (κ1) is 11.2.